The maximum absolute atomic E-state index is 11.8. The predicted molar refractivity (Wildman–Crippen MR) is 72.0 cm³/mol. The average molecular weight is 259 g/mol. The van der Waals surface area contributed by atoms with E-state index in [1.54, 1.807) is 19.2 Å². The third-order valence-electron chi connectivity index (χ3n) is 3.01. The molecule has 0 aliphatic carbocycles. The molecule has 1 N–H and O–H groups in total. The van der Waals surface area contributed by atoms with Crippen molar-refractivity contribution in [1.29, 1.82) is 0 Å². The molecule has 1 aromatic heterocycles. The van der Waals surface area contributed by atoms with E-state index in [4.69, 9.17) is 9.15 Å². The zero-order chi connectivity index (χ0) is 13.7. The molecule has 0 bridgehead atoms. The number of carbonyl (C=O) groups is 1. The highest BCUT2D eigenvalue weighted by Gasteiger charge is 2.15. The molecule has 1 atom stereocenters. The Morgan fingerprint density at radius 3 is 2.74 bits per heavy atom. The van der Waals surface area contributed by atoms with Crippen molar-refractivity contribution in [3.05, 3.63) is 59.5 Å². The summed E-state index contributed by atoms with van der Waals surface area (Å²) in [4.78, 5) is 11.8. The first-order valence-electron chi connectivity index (χ1n) is 6.12. The number of carbonyl (C=O) groups excluding carboxylic acids is 1. The van der Waals surface area contributed by atoms with Crippen LogP contribution in [0.15, 0.2) is 47.1 Å². The molecular formula is C15H17NO3. The number of methoxy groups -OCH3 is 1. The lowest BCUT2D eigenvalue weighted by Crippen LogP contribution is -2.29. The molecule has 0 aliphatic rings. The van der Waals surface area contributed by atoms with E-state index in [-0.39, 0.29) is 12.0 Å². The van der Waals surface area contributed by atoms with Crippen molar-refractivity contribution in [2.75, 3.05) is 13.7 Å². The molecule has 0 spiro atoms. The number of furan rings is 1. The van der Waals surface area contributed by atoms with Gasteiger partial charge in [0.15, 0.2) is 5.76 Å². The van der Waals surface area contributed by atoms with Crippen LogP contribution in [0.4, 0.5) is 0 Å². The van der Waals surface area contributed by atoms with Crippen LogP contribution in [-0.4, -0.2) is 19.6 Å². The van der Waals surface area contributed by atoms with Crippen LogP contribution < -0.4 is 5.32 Å². The largest absolute Gasteiger partial charge is 0.459 e. The van der Waals surface area contributed by atoms with Crippen molar-refractivity contribution in [2.24, 2.45) is 0 Å². The van der Waals surface area contributed by atoms with Crippen LogP contribution in [0.25, 0.3) is 0 Å². The predicted octanol–water partition coefficient (Wildman–Crippen LogP) is 2.71. The fourth-order valence-corrected chi connectivity index (χ4v) is 1.95. The highest BCUT2D eigenvalue weighted by molar-refractivity contribution is 5.91. The molecule has 2 aromatic rings. The van der Waals surface area contributed by atoms with Crippen molar-refractivity contribution < 1.29 is 13.9 Å². The summed E-state index contributed by atoms with van der Waals surface area (Å²) in [7, 11) is 1.64. The number of aryl methyl sites for hydroxylation is 1. The second-order valence-corrected chi connectivity index (χ2v) is 4.27. The van der Waals surface area contributed by atoms with Gasteiger partial charge >= 0.3 is 0 Å². The monoisotopic (exact) mass is 259 g/mol. The van der Waals surface area contributed by atoms with Gasteiger partial charge in [-0.1, -0.05) is 24.3 Å². The smallest absolute Gasteiger partial charge is 0.287 e. The minimum absolute atomic E-state index is 0.167. The van der Waals surface area contributed by atoms with Crippen molar-refractivity contribution in [1.82, 2.24) is 5.32 Å². The van der Waals surface area contributed by atoms with Gasteiger partial charge < -0.3 is 14.5 Å². The van der Waals surface area contributed by atoms with Gasteiger partial charge in [-0.3, -0.25) is 4.79 Å². The van der Waals surface area contributed by atoms with Gasteiger partial charge in [-0.05, 0) is 30.2 Å². The Hall–Kier alpha value is -2.07. The molecule has 0 saturated carbocycles. The molecule has 2 rings (SSSR count). The van der Waals surface area contributed by atoms with Gasteiger partial charge in [0.1, 0.15) is 0 Å². The van der Waals surface area contributed by atoms with Gasteiger partial charge in [-0.15, -0.1) is 0 Å². The summed E-state index contributed by atoms with van der Waals surface area (Å²) in [6.45, 7) is 2.43. The van der Waals surface area contributed by atoms with Crippen LogP contribution in [0.3, 0.4) is 0 Å². The molecule has 0 aliphatic heterocycles. The normalized spacial score (nSPS) is 12.1. The second kappa shape index (κ2) is 6.20. The quantitative estimate of drug-likeness (QED) is 0.898. The number of benzene rings is 1. The first kappa shape index (κ1) is 13.4. The molecular weight excluding hydrogens is 242 g/mol. The lowest BCUT2D eigenvalue weighted by atomic mass is 10.0. The summed E-state index contributed by atoms with van der Waals surface area (Å²) in [5.74, 6) is 0.0697. The summed E-state index contributed by atoms with van der Waals surface area (Å²) in [5, 5.41) is 2.80. The molecule has 0 saturated heterocycles. The highest BCUT2D eigenvalue weighted by atomic mass is 16.5. The fourth-order valence-electron chi connectivity index (χ4n) is 1.95. The number of ether oxygens (including phenoxy) is 1. The number of hydrogen-bond donors (Lipinski definition) is 1. The average Bonchev–Trinajstić information content (AvgIpc) is 2.95. The third kappa shape index (κ3) is 3.23. The van der Waals surface area contributed by atoms with E-state index in [1.807, 2.05) is 31.2 Å². The maximum Gasteiger partial charge on any atom is 0.287 e. The van der Waals surface area contributed by atoms with E-state index in [2.05, 4.69) is 5.32 Å². The summed E-state index contributed by atoms with van der Waals surface area (Å²) in [5.41, 5.74) is 2.21. The topological polar surface area (TPSA) is 51.5 Å². The summed E-state index contributed by atoms with van der Waals surface area (Å²) in [6, 6.07) is 11.3. The van der Waals surface area contributed by atoms with Crippen LogP contribution in [-0.2, 0) is 4.74 Å². The zero-order valence-electron chi connectivity index (χ0n) is 11.1. The lowest BCUT2D eigenvalue weighted by Gasteiger charge is -2.18. The number of amides is 1. The van der Waals surface area contributed by atoms with E-state index < -0.39 is 0 Å². The van der Waals surface area contributed by atoms with Crippen molar-refractivity contribution in [3.8, 4) is 0 Å². The van der Waals surface area contributed by atoms with E-state index in [0.717, 1.165) is 11.1 Å². The summed E-state index contributed by atoms with van der Waals surface area (Å²) in [6.07, 6.45) is 1.31. The fraction of sp³-hybridized carbons (Fsp3) is 0.267. The maximum atomic E-state index is 11.8. The van der Waals surface area contributed by atoms with Crippen molar-refractivity contribution in [3.63, 3.8) is 0 Å². The van der Waals surface area contributed by atoms with E-state index >= 15 is 0 Å². The Morgan fingerprint density at radius 2 is 2.11 bits per heavy atom. The number of rotatable bonds is 5. The highest BCUT2D eigenvalue weighted by Crippen LogP contribution is 2.19. The lowest BCUT2D eigenvalue weighted by molar-refractivity contribution is 0.0805. The summed E-state index contributed by atoms with van der Waals surface area (Å²) >= 11 is 0. The van der Waals surface area contributed by atoms with Crippen LogP contribution in [0.2, 0.25) is 0 Å². The SMILES string of the molecule is CO[C@H](CNC(=O)c1ccco1)c1ccccc1C. The molecule has 19 heavy (non-hydrogen) atoms. The summed E-state index contributed by atoms with van der Waals surface area (Å²) < 4.78 is 10.5. The third-order valence-corrected chi connectivity index (χ3v) is 3.01. The van der Waals surface area contributed by atoms with E-state index in [1.165, 1.54) is 6.26 Å². The number of nitrogens with one attached hydrogen (secondary N) is 1. The van der Waals surface area contributed by atoms with E-state index in [0.29, 0.717) is 12.3 Å². The molecule has 0 unspecified atom stereocenters. The van der Waals surface area contributed by atoms with Gasteiger partial charge in [0.05, 0.1) is 12.4 Å². The van der Waals surface area contributed by atoms with Gasteiger partial charge in [0.25, 0.3) is 5.91 Å². The molecule has 0 fully saturated rings. The van der Waals surface area contributed by atoms with Gasteiger partial charge in [0.2, 0.25) is 0 Å². The Balaban J connectivity index is 2.01. The van der Waals surface area contributed by atoms with Crippen LogP contribution in [0.1, 0.15) is 27.8 Å². The first-order chi connectivity index (χ1) is 9.22. The van der Waals surface area contributed by atoms with Gasteiger partial charge in [-0.2, -0.15) is 0 Å². The molecule has 1 aromatic carbocycles. The van der Waals surface area contributed by atoms with Gasteiger partial charge in [-0.25, -0.2) is 0 Å². The molecule has 1 amide bonds. The zero-order valence-corrected chi connectivity index (χ0v) is 11.1. The standard InChI is InChI=1S/C15H17NO3/c1-11-6-3-4-7-12(11)14(18-2)10-16-15(17)13-8-5-9-19-13/h3-9,14H,10H2,1-2H3,(H,16,17)/t14-/m1/s1. The van der Waals surface area contributed by atoms with Crippen molar-refractivity contribution in [2.45, 2.75) is 13.0 Å². The molecule has 100 valence electrons. The van der Waals surface area contributed by atoms with Crippen molar-refractivity contribution >= 4 is 5.91 Å². The molecule has 4 heteroatoms. The van der Waals surface area contributed by atoms with Gasteiger partial charge in [0, 0.05) is 13.7 Å². The van der Waals surface area contributed by atoms with Crippen LogP contribution in [0, 0.1) is 6.92 Å². The van der Waals surface area contributed by atoms with Crippen LogP contribution in [0.5, 0.6) is 0 Å². The molecule has 4 nitrogen and oxygen atoms in total. The Bertz CT molecular complexity index is 534. The Morgan fingerprint density at radius 1 is 1.32 bits per heavy atom. The minimum Gasteiger partial charge on any atom is -0.459 e. The molecule has 1 heterocycles. The Kier molecular flexibility index (Phi) is 4.36. The first-order valence-corrected chi connectivity index (χ1v) is 6.12. The minimum atomic E-state index is -0.236. The van der Waals surface area contributed by atoms with Crippen LogP contribution >= 0.6 is 0 Å². The Labute approximate surface area is 112 Å². The molecule has 0 radical (unpaired) electrons. The van der Waals surface area contributed by atoms with E-state index in [9.17, 15) is 4.79 Å². The second-order valence-electron chi connectivity index (χ2n) is 4.27. The number of hydrogen-bond acceptors (Lipinski definition) is 3.